The van der Waals surface area contributed by atoms with Crippen LogP contribution in [0, 0.1) is 0 Å². The molecule has 0 bridgehead atoms. The third-order valence-corrected chi connectivity index (χ3v) is 4.05. The van der Waals surface area contributed by atoms with Crippen molar-refractivity contribution in [1.82, 2.24) is 5.32 Å². The minimum atomic E-state index is -0.871. The zero-order valence-corrected chi connectivity index (χ0v) is 10.7. The van der Waals surface area contributed by atoms with Crippen LogP contribution >= 0.6 is 11.3 Å². The molecule has 1 unspecified atom stereocenters. The predicted octanol–water partition coefficient (Wildman–Crippen LogP) is 2.75. The molecule has 2 N–H and O–H groups in total. The molecule has 3 nitrogen and oxygen atoms in total. The van der Waals surface area contributed by atoms with Gasteiger partial charge in [-0.2, -0.15) is 0 Å². The number of aliphatic carboxylic acids is 1. The van der Waals surface area contributed by atoms with E-state index in [0.717, 1.165) is 12.0 Å². The van der Waals surface area contributed by atoms with E-state index in [-0.39, 0.29) is 0 Å². The normalized spacial score (nSPS) is 20.1. The molecule has 1 aliphatic carbocycles. The van der Waals surface area contributed by atoms with Crippen molar-refractivity contribution < 1.29 is 9.90 Å². The largest absolute Gasteiger partial charge is 0.478 e. The van der Waals surface area contributed by atoms with Gasteiger partial charge in [-0.15, -0.1) is 11.3 Å². The SMILES string of the molecule is C/C(=C/C(=O)O)CNC1CCCc2sccc21. The predicted molar refractivity (Wildman–Crippen MR) is 69.4 cm³/mol. The Kier molecular flexibility index (Phi) is 3.97. The van der Waals surface area contributed by atoms with Crippen LogP contribution in [0.1, 0.15) is 36.2 Å². The Bertz CT molecular complexity index is 436. The van der Waals surface area contributed by atoms with Crippen LogP contribution in [0.2, 0.25) is 0 Å². The zero-order chi connectivity index (χ0) is 12.3. The molecule has 1 aliphatic rings. The molecule has 0 radical (unpaired) electrons. The van der Waals surface area contributed by atoms with Crippen LogP contribution in [-0.2, 0) is 11.2 Å². The lowest BCUT2D eigenvalue weighted by atomic mass is 9.94. The number of hydrogen-bond acceptors (Lipinski definition) is 3. The van der Waals surface area contributed by atoms with Crippen LogP contribution in [0.4, 0.5) is 0 Å². The molecule has 1 aromatic rings. The number of carboxylic acid groups (broad SMARTS) is 1. The van der Waals surface area contributed by atoms with Gasteiger partial charge in [0, 0.05) is 23.5 Å². The molecule has 0 fully saturated rings. The van der Waals surface area contributed by atoms with Crippen LogP contribution in [0.25, 0.3) is 0 Å². The minimum absolute atomic E-state index is 0.391. The Morgan fingerprint density at radius 2 is 2.53 bits per heavy atom. The van der Waals surface area contributed by atoms with Crippen LogP contribution in [0.3, 0.4) is 0 Å². The van der Waals surface area contributed by atoms with Crippen molar-refractivity contribution in [2.45, 2.75) is 32.2 Å². The monoisotopic (exact) mass is 251 g/mol. The van der Waals surface area contributed by atoms with Gasteiger partial charge in [-0.1, -0.05) is 5.57 Å². The molecule has 0 spiro atoms. The molecule has 0 saturated heterocycles. The highest BCUT2D eigenvalue weighted by molar-refractivity contribution is 7.10. The molecule has 0 saturated carbocycles. The van der Waals surface area contributed by atoms with E-state index in [2.05, 4.69) is 16.8 Å². The van der Waals surface area contributed by atoms with Gasteiger partial charge in [0.05, 0.1) is 0 Å². The fraction of sp³-hybridized carbons (Fsp3) is 0.462. The summed E-state index contributed by atoms with van der Waals surface area (Å²) in [5.74, 6) is -0.871. The number of thiophene rings is 1. The molecule has 1 aromatic heterocycles. The zero-order valence-electron chi connectivity index (χ0n) is 9.90. The van der Waals surface area contributed by atoms with E-state index in [4.69, 9.17) is 5.11 Å². The maximum atomic E-state index is 10.5. The summed E-state index contributed by atoms with van der Waals surface area (Å²) in [5.41, 5.74) is 2.27. The van der Waals surface area contributed by atoms with Gasteiger partial charge in [0.25, 0.3) is 0 Å². The molecular formula is C13H17NO2S. The van der Waals surface area contributed by atoms with Gasteiger partial charge in [0.15, 0.2) is 0 Å². The van der Waals surface area contributed by atoms with Crippen LogP contribution in [0.15, 0.2) is 23.1 Å². The topological polar surface area (TPSA) is 49.3 Å². The van der Waals surface area contributed by atoms with Crippen LogP contribution in [0.5, 0.6) is 0 Å². The van der Waals surface area contributed by atoms with Gasteiger partial charge < -0.3 is 10.4 Å². The van der Waals surface area contributed by atoms with Crippen molar-refractivity contribution >= 4 is 17.3 Å². The number of carbonyl (C=O) groups is 1. The highest BCUT2D eigenvalue weighted by atomic mass is 32.1. The first kappa shape index (κ1) is 12.3. The number of hydrogen-bond donors (Lipinski definition) is 2. The molecule has 92 valence electrons. The van der Waals surface area contributed by atoms with Crippen LogP contribution in [-0.4, -0.2) is 17.6 Å². The number of rotatable bonds is 4. The second kappa shape index (κ2) is 5.47. The fourth-order valence-electron chi connectivity index (χ4n) is 2.24. The van der Waals surface area contributed by atoms with Gasteiger partial charge in [0.2, 0.25) is 0 Å². The van der Waals surface area contributed by atoms with E-state index >= 15 is 0 Å². The Morgan fingerprint density at radius 1 is 1.71 bits per heavy atom. The van der Waals surface area contributed by atoms with E-state index < -0.39 is 5.97 Å². The molecule has 2 rings (SSSR count). The summed E-state index contributed by atoms with van der Waals surface area (Å²) in [6.07, 6.45) is 4.82. The van der Waals surface area contributed by atoms with Crippen LogP contribution < -0.4 is 5.32 Å². The van der Waals surface area contributed by atoms with Crippen molar-refractivity contribution in [3.05, 3.63) is 33.5 Å². The fourth-order valence-corrected chi connectivity index (χ4v) is 3.23. The number of fused-ring (bicyclic) bond motifs is 1. The Labute approximate surface area is 105 Å². The van der Waals surface area contributed by atoms with Crippen molar-refractivity contribution in [2.75, 3.05) is 6.54 Å². The smallest absolute Gasteiger partial charge is 0.328 e. The number of carboxylic acids is 1. The summed E-state index contributed by atoms with van der Waals surface area (Å²) in [5, 5.41) is 14.2. The minimum Gasteiger partial charge on any atom is -0.478 e. The van der Waals surface area contributed by atoms with Crippen molar-refractivity contribution in [1.29, 1.82) is 0 Å². The average molecular weight is 251 g/mol. The molecule has 0 amide bonds. The maximum absolute atomic E-state index is 10.5. The molecule has 0 aromatic carbocycles. The second-order valence-corrected chi connectivity index (χ2v) is 5.45. The summed E-state index contributed by atoms with van der Waals surface area (Å²) in [7, 11) is 0. The molecule has 17 heavy (non-hydrogen) atoms. The lowest BCUT2D eigenvalue weighted by Crippen LogP contribution is -2.25. The first-order valence-corrected chi connectivity index (χ1v) is 6.74. The summed E-state index contributed by atoms with van der Waals surface area (Å²) < 4.78 is 0. The van der Waals surface area contributed by atoms with Gasteiger partial charge in [0.1, 0.15) is 0 Å². The second-order valence-electron chi connectivity index (χ2n) is 4.45. The van der Waals surface area contributed by atoms with Crippen molar-refractivity contribution in [2.24, 2.45) is 0 Å². The lowest BCUT2D eigenvalue weighted by Gasteiger charge is -2.23. The van der Waals surface area contributed by atoms with Crippen molar-refractivity contribution in [3.8, 4) is 0 Å². The summed E-state index contributed by atoms with van der Waals surface area (Å²) >= 11 is 1.83. The highest BCUT2D eigenvalue weighted by Crippen LogP contribution is 2.33. The summed E-state index contributed by atoms with van der Waals surface area (Å²) in [4.78, 5) is 12.0. The third kappa shape index (κ3) is 3.17. The van der Waals surface area contributed by atoms with Gasteiger partial charge in [-0.3, -0.25) is 0 Å². The molecule has 4 heteroatoms. The molecular weight excluding hydrogens is 234 g/mol. The Hall–Kier alpha value is -1.13. The Balaban J connectivity index is 1.96. The summed E-state index contributed by atoms with van der Waals surface area (Å²) in [6, 6.07) is 2.58. The first-order valence-electron chi connectivity index (χ1n) is 5.86. The average Bonchev–Trinajstić information content (AvgIpc) is 2.73. The number of aryl methyl sites for hydroxylation is 1. The van der Waals surface area contributed by atoms with Gasteiger partial charge in [-0.05, 0) is 43.2 Å². The quantitative estimate of drug-likeness (QED) is 0.809. The lowest BCUT2D eigenvalue weighted by molar-refractivity contribution is -0.131. The van der Waals surface area contributed by atoms with E-state index in [0.29, 0.717) is 12.6 Å². The van der Waals surface area contributed by atoms with E-state index in [9.17, 15) is 4.79 Å². The number of nitrogens with one attached hydrogen (secondary N) is 1. The third-order valence-electron chi connectivity index (χ3n) is 3.05. The molecule has 1 atom stereocenters. The van der Waals surface area contributed by atoms with Gasteiger partial charge in [-0.25, -0.2) is 4.79 Å². The highest BCUT2D eigenvalue weighted by Gasteiger charge is 2.20. The first-order chi connectivity index (χ1) is 8.16. The van der Waals surface area contributed by atoms with E-state index in [1.165, 1.54) is 29.4 Å². The van der Waals surface area contributed by atoms with E-state index in [1.807, 2.05) is 18.3 Å². The van der Waals surface area contributed by atoms with Gasteiger partial charge >= 0.3 is 5.97 Å². The summed E-state index contributed by atoms with van der Waals surface area (Å²) in [6.45, 7) is 2.49. The molecule has 0 aliphatic heterocycles. The van der Waals surface area contributed by atoms with Crippen molar-refractivity contribution in [3.63, 3.8) is 0 Å². The van der Waals surface area contributed by atoms with E-state index in [1.54, 1.807) is 0 Å². The molecule has 1 heterocycles. The maximum Gasteiger partial charge on any atom is 0.328 e. The standard InChI is InChI=1S/C13H17NO2S/c1-9(7-13(15)16)8-14-11-3-2-4-12-10(11)5-6-17-12/h5-7,11,14H,2-4,8H2,1H3,(H,15,16)/b9-7-. The Morgan fingerprint density at radius 3 is 3.29 bits per heavy atom.